The second-order valence-electron chi connectivity index (χ2n) is 7.80. The van der Waals surface area contributed by atoms with Gasteiger partial charge in [0.1, 0.15) is 0 Å². The van der Waals surface area contributed by atoms with Gasteiger partial charge in [0.25, 0.3) is 0 Å². The molecule has 24 heavy (non-hydrogen) atoms. The Labute approximate surface area is 142 Å². The van der Waals surface area contributed by atoms with Crippen LogP contribution in [0.2, 0.25) is 0 Å². The van der Waals surface area contributed by atoms with Gasteiger partial charge in [-0.05, 0) is 54.1 Å². The van der Waals surface area contributed by atoms with Gasteiger partial charge in [-0.15, -0.1) is 0 Å². The van der Waals surface area contributed by atoms with Gasteiger partial charge < -0.3 is 0 Å². The minimum atomic E-state index is -0.106. The van der Waals surface area contributed by atoms with Gasteiger partial charge in [0.05, 0.1) is 17.5 Å². The Balaban J connectivity index is 1.63. The highest BCUT2D eigenvalue weighted by molar-refractivity contribution is 6.23. The van der Waals surface area contributed by atoms with Crippen LogP contribution in [0.25, 0.3) is 0 Å². The van der Waals surface area contributed by atoms with Crippen molar-refractivity contribution in [3.63, 3.8) is 0 Å². The first-order valence-electron chi connectivity index (χ1n) is 9.34. The summed E-state index contributed by atoms with van der Waals surface area (Å²) < 4.78 is 0. The van der Waals surface area contributed by atoms with Crippen LogP contribution in [-0.2, 0) is 22.4 Å². The van der Waals surface area contributed by atoms with E-state index in [9.17, 15) is 9.59 Å². The quantitative estimate of drug-likeness (QED) is 0.632. The zero-order valence-corrected chi connectivity index (χ0v) is 14.2. The predicted octanol–water partition coefficient (Wildman–Crippen LogP) is 3.37. The van der Waals surface area contributed by atoms with E-state index < -0.39 is 0 Å². The van der Waals surface area contributed by atoms with E-state index in [2.05, 4.69) is 38.1 Å². The molecule has 1 aromatic rings. The van der Waals surface area contributed by atoms with Crippen molar-refractivity contribution in [2.24, 2.45) is 35.5 Å². The molecule has 3 fully saturated rings. The fourth-order valence-corrected chi connectivity index (χ4v) is 5.68. The molecule has 0 aromatic heterocycles. The number of anilines is 1. The Hall–Kier alpha value is -1.90. The van der Waals surface area contributed by atoms with Crippen LogP contribution in [0.1, 0.15) is 31.4 Å². The molecule has 6 atom stereocenters. The second kappa shape index (κ2) is 4.81. The van der Waals surface area contributed by atoms with Gasteiger partial charge in [-0.25, -0.2) is 4.90 Å². The lowest BCUT2D eigenvalue weighted by atomic mass is 9.63. The Morgan fingerprint density at radius 3 is 1.88 bits per heavy atom. The first-order chi connectivity index (χ1) is 11.7. The molecule has 1 heterocycles. The number of carbonyl (C=O) groups is 2. The van der Waals surface area contributed by atoms with Gasteiger partial charge in [-0.2, -0.15) is 0 Å². The standard InChI is InChI=1S/C21H23NO2/c1-3-11-6-5-7-12(4-2)19(11)22-20(23)17-13-8-9-14(16-10-15(13)16)18(17)21(22)24/h5-9,13-18H,3-4,10H2,1-2H3/t13-,14+,15+,16-,17-,18+. The summed E-state index contributed by atoms with van der Waals surface area (Å²) >= 11 is 0. The highest BCUT2D eigenvalue weighted by atomic mass is 16.2. The monoisotopic (exact) mass is 321 g/mol. The largest absolute Gasteiger partial charge is 0.274 e. The lowest BCUT2D eigenvalue weighted by Gasteiger charge is -2.37. The molecule has 6 rings (SSSR count). The number of hydrogen-bond donors (Lipinski definition) is 0. The van der Waals surface area contributed by atoms with E-state index in [1.807, 2.05) is 6.07 Å². The molecule has 124 valence electrons. The summed E-state index contributed by atoms with van der Waals surface area (Å²) in [4.78, 5) is 28.2. The van der Waals surface area contributed by atoms with Gasteiger partial charge in [0.2, 0.25) is 11.8 Å². The van der Waals surface area contributed by atoms with E-state index in [4.69, 9.17) is 0 Å². The van der Waals surface area contributed by atoms with Gasteiger partial charge in [0, 0.05) is 0 Å². The summed E-state index contributed by atoms with van der Waals surface area (Å²) in [6.07, 6.45) is 7.36. The maximum atomic E-state index is 13.3. The Kier molecular flexibility index (Phi) is 2.89. The van der Waals surface area contributed by atoms with Crippen LogP contribution in [-0.4, -0.2) is 11.8 Å². The number of aryl methyl sites for hydroxylation is 2. The second-order valence-corrected chi connectivity index (χ2v) is 7.80. The lowest BCUT2D eigenvalue weighted by molar-refractivity contribution is -0.124. The van der Waals surface area contributed by atoms with Crippen LogP contribution in [0.5, 0.6) is 0 Å². The number of benzene rings is 1. The third-order valence-electron chi connectivity index (χ3n) is 6.85. The number of nitrogens with zero attached hydrogens (tertiary/aromatic N) is 1. The van der Waals surface area contributed by atoms with Gasteiger partial charge in [-0.1, -0.05) is 44.2 Å². The molecule has 1 aromatic carbocycles. The van der Waals surface area contributed by atoms with Crippen LogP contribution in [0.4, 0.5) is 5.69 Å². The number of rotatable bonds is 3. The van der Waals surface area contributed by atoms with E-state index in [1.165, 1.54) is 6.42 Å². The average molecular weight is 321 g/mol. The molecule has 0 N–H and O–H groups in total. The Bertz CT molecular complexity index is 722. The molecular formula is C21H23NO2. The number of amides is 2. The molecule has 3 heteroatoms. The Morgan fingerprint density at radius 2 is 1.42 bits per heavy atom. The molecule has 1 saturated heterocycles. The topological polar surface area (TPSA) is 37.4 Å². The Morgan fingerprint density at radius 1 is 0.917 bits per heavy atom. The highest BCUT2D eigenvalue weighted by Gasteiger charge is 2.67. The minimum Gasteiger partial charge on any atom is -0.274 e. The number of imide groups is 1. The van der Waals surface area contributed by atoms with Crippen LogP contribution in [0.15, 0.2) is 30.4 Å². The van der Waals surface area contributed by atoms with Crippen LogP contribution in [0.3, 0.4) is 0 Å². The van der Waals surface area contributed by atoms with E-state index in [1.54, 1.807) is 4.90 Å². The number of allylic oxidation sites excluding steroid dienone is 2. The summed E-state index contributed by atoms with van der Waals surface area (Å²) in [5, 5.41) is 0. The smallest absolute Gasteiger partial charge is 0.238 e. The molecule has 5 aliphatic rings. The average Bonchev–Trinajstić information content (AvgIpc) is 3.39. The van der Waals surface area contributed by atoms with Crippen molar-refractivity contribution in [3.8, 4) is 0 Å². The van der Waals surface area contributed by atoms with E-state index in [0.717, 1.165) is 29.7 Å². The predicted molar refractivity (Wildman–Crippen MR) is 92.4 cm³/mol. The van der Waals surface area contributed by atoms with Crippen LogP contribution < -0.4 is 4.90 Å². The van der Waals surface area contributed by atoms with Crippen molar-refractivity contribution in [1.82, 2.24) is 0 Å². The van der Waals surface area contributed by atoms with Crippen molar-refractivity contribution >= 4 is 17.5 Å². The first-order valence-corrected chi connectivity index (χ1v) is 9.34. The van der Waals surface area contributed by atoms with Crippen molar-refractivity contribution in [1.29, 1.82) is 0 Å². The number of para-hydroxylation sites is 1. The fourth-order valence-electron chi connectivity index (χ4n) is 5.68. The molecule has 0 unspecified atom stereocenters. The molecule has 3 nitrogen and oxygen atoms in total. The molecular weight excluding hydrogens is 298 g/mol. The van der Waals surface area contributed by atoms with Crippen molar-refractivity contribution in [3.05, 3.63) is 41.5 Å². The van der Waals surface area contributed by atoms with Gasteiger partial charge in [0.15, 0.2) is 0 Å². The summed E-state index contributed by atoms with van der Waals surface area (Å²) in [6, 6.07) is 6.16. The van der Waals surface area contributed by atoms with Crippen LogP contribution >= 0.6 is 0 Å². The lowest BCUT2D eigenvalue weighted by Crippen LogP contribution is -2.40. The van der Waals surface area contributed by atoms with Gasteiger partial charge in [-0.3, -0.25) is 9.59 Å². The van der Waals surface area contributed by atoms with E-state index in [0.29, 0.717) is 23.7 Å². The first kappa shape index (κ1) is 14.4. The van der Waals surface area contributed by atoms with Gasteiger partial charge >= 0.3 is 0 Å². The SMILES string of the molecule is CCc1cccc(CC)c1N1C(=O)[C@@H]2[C@@H]3C=C[C@@H]([C@H]4C[C@@H]34)[C@@H]2C1=O. The van der Waals surface area contributed by atoms with E-state index >= 15 is 0 Å². The highest BCUT2D eigenvalue weighted by Crippen LogP contribution is 2.65. The summed E-state index contributed by atoms with van der Waals surface area (Å²) in [5.41, 5.74) is 3.11. The zero-order chi connectivity index (χ0) is 16.6. The number of carbonyl (C=O) groups excluding carboxylic acids is 2. The molecule has 1 aliphatic heterocycles. The van der Waals surface area contributed by atoms with Crippen molar-refractivity contribution < 1.29 is 9.59 Å². The molecule has 2 bridgehead atoms. The minimum absolute atomic E-state index is 0.0605. The molecule has 0 radical (unpaired) electrons. The van der Waals surface area contributed by atoms with E-state index in [-0.39, 0.29) is 23.7 Å². The fraction of sp³-hybridized carbons (Fsp3) is 0.524. The molecule has 2 amide bonds. The third kappa shape index (κ3) is 1.63. The zero-order valence-electron chi connectivity index (χ0n) is 14.2. The van der Waals surface area contributed by atoms with Crippen LogP contribution in [0, 0.1) is 35.5 Å². The maximum Gasteiger partial charge on any atom is 0.238 e. The third-order valence-corrected chi connectivity index (χ3v) is 6.85. The van der Waals surface area contributed by atoms with Crippen molar-refractivity contribution in [2.45, 2.75) is 33.1 Å². The normalized spacial score (nSPS) is 38.5. The summed E-state index contributed by atoms with van der Waals surface area (Å²) in [5.74, 6) is 1.82. The molecule has 0 spiro atoms. The van der Waals surface area contributed by atoms with Crippen molar-refractivity contribution in [2.75, 3.05) is 4.90 Å². The maximum absolute atomic E-state index is 13.3. The molecule has 4 aliphatic carbocycles. The number of hydrogen-bond acceptors (Lipinski definition) is 2. The molecule has 2 saturated carbocycles. The summed E-state index contributed by atoms with van der Waals surface area (Å²) in [6.45, 7) is 4.19. The summed E-state index contributed by atoms with van der Waals surface area (Å²) in [7, 11) is 0.